The standard InChI is InChI=1S/C18H18BrN5O2S/c19-15-14-16(20)21-6-7-24(14)17(22-15)13-10-23(8-9-27-13)18(25)26-11-12-4-2-1-3-5-12/h1-7,13H,8-11H2,(H2,20,21). The van der Waals surface area contributed by atoms with Crippen molar-refractivity contribution in [3.8, 4) is 0 Å². The van der Waals surface area contributed by atoms with Crippen LogP contribution in [0.25, 0.3) is 5.52 Å². The summed E-state index contributed by atoms with van der Waals surface area (Å²) in [4.78, 5) is 23.0. The Morgan fingerprint density at radius 1 is 1.37 bits per heavy atom. The lowest BCUT2D eigenvalue weighted by atomic mass is 10.2. The number of imidazole rings is 1. The number of benzene rings is 1. The Bertz CT molecular complexity index is 965. The van der Waals surface area contributed by atoms with Crippen molar-refractivity contribution in [2.45, 2.75) is 11.9 Å². The van der Waals surface area contributed by atoms with Crippen molar-refractivity contribution >= 4 is 45.1 Å². The Morgan fingerprint density at radius 3 is 3.00 bits per heavy atom. The van der Waals surface area contributed by atoms with Gasteiger partial charge < -0.3 is 15.4 Å². The minimum absolute atomic E-state index is 0.0311. The van der Waals surface area contributed by atoms with E-state index < -0.39 is 0 Å². The van der Waals surface area contributed by atoms with Gasteiger partial charge in [-0.15, -0.1) is 11.8 Å². The third-order valence-corrected chi connectivity index (χ3v) is 6.12. The first-order valence-electron chi connectivity index (χ1n) is 8.48. The summed E-state index contributed by atoms with van der Waals surface area (Å²) in [5, 5.41) is 0.0311. The van der Waals surface area contributed by atoms with E-state index in [-0.39, 0.29) is 18.0 Å². The van der Waals surface area contributed by atoms with E-state index in [9.17, 15) is 4.79 Å². The fraction of sp³-hybridized carbons (Fsp3) is 0.278. The van der Waals surface area contributed by atoms with E-state index in [0.717, 1.165) is 22.7 Å². The lowest BCUT2D eigenvalue weighted by Gasteiger charge is -2.31. The second-order valence-corrected chi connectivity index (χ2v) is 8.20. The maximum absolute atomic E-state index is 12.5. The van der Waals surface area contributed by atoms with Gasteiger partial charge in [-0.3, -0.25) is 4.40 Å². The van der Waals surface area contributed by atoms with Gasteiger partial charge in [0, 0.05) is 31.2 Å². The van der Waals surface area contributed by atoms with Crippen LogP contribution in [0.1, 0.15) is 16.6 Å². The van der Waals surface area contributed by atoms with Crippen LogP contribution in [0.5, 0.6) is 0 Å². The van der Waals surface area contributed by atoms with Crippen molar-refractivity contribution in [1.29, 1.82) is 0 Å². The molecule has 1 amide bonds. The van der Waals surface area contributed by atoms with Gasteiger partial charge in [-0.05, 0) is 21.5 Å². The lowest BCUT2D eigenvalue weighted by molar-refractivity contribution is 0.0971. The molecule has 0 spiro atoms. The van der Waals surface area contributed by atoms with Gasteiger partial charge in [0.1, 0.15) is 22.6 Å². The zero-order valence-corrected chi connectivity index (χ0v) is 16.8. The first-order valence-corrected chi connectivity index (χ1v) is 10.3. The molecule has 0 radical (unpaired) electrons. The van der Waals surface area contributed by atoms with Crippen LogP contribution in [0.3, 0.4) is 0 Å². The predicted molar refractivity (Wildman–Crippen MR) is 108 cm³/mol. The molecule has 7 nitrogen and oxygen atoms in total. The average molecular weight is 448 g/mol. The van der Waals surface area contributed by atoms with Crippen LogP contribution in [0.4, 0.5) is 10.6 Å². The molecule has 1 saturated heterocycles. The molecule has 140 valence electrons. The van der Waals surface area contributed by atoms with Crippen LogP contribution in [0.2, 0.25) is 0 Å². The zero-order chi connectivity index (χ0) is 18.8. The summed E-state index contributed by atoms with van der Waals surface area (Å²) >= 11 is 5.23. The summed E-state index contributed by atoms with van der Waals surface area (Å²) in [6.45, 7) is 1.46. The summed E-state index contributed by atoms with van der Waals surface area (Å²) in [7, 11) is 0. The van der Waals surface area contributed by atoms with E-state index in [0.29, 0.717) is 23.5 Å². The van der Waals surface area contributed by atoms with Crippen LogP contribution in [0, 0.1) is 0 Å². The van der Waals surface area contributed by atoms with Gasteiger partial charge in [0.2, 0.25) is 0 Å². The molecule has 1 aliphatic rings. The smallest absolute Gasteiger partial charge is 0.410 e. The molecular weight excluding hydrogens is 430 g/mol. The molecule has 1 aromatic carbocycles. The van der Waals surface area contributed by atoms with E-state index in [2.05, 4.69) is 25.9 Å². The summed E-state index contributed by atoms with van der Waals surface area (Å²) < 4.78 is 8.07. The van der Waals surface area contributed by atoms with Crippen LogP contribution in [-0.2, 0) is 11.3 Å². The molecule has 1 unspecified atom stereocenters. The van der Waals surface area contributed by atoms with Crippen LogP contribution in [-0.4, -0.2) is 44.2 Å². The fourth-order valence-corrected chi connectivity index (χ4v) is 4.84. The highest BCUT2D eigenvalue weighted by Crippen LogP contribution is 2.35. The average Bonchev–Trinajstić information content (AvgIpc) is 3.05. The number of carbonyl (C=O) groups is 1. The second-order valence-electron chi connectivity index (χ2n) is 6.14. The Labute approximate surface area is 169 Å². The number of anilines is 1. The quantitative estimate of drug-likeness (QED) is 0.660. The number of fused-ring (bicyclic) bond motifs is 1. The number of halogens is 1. The highest BCUT2D eigenvalue weighted by Gasteiger charge is 2.30. The van der Waals surface area contributed by atoms with Crippen molar-refractivity contribution in [1.82, 2.24) is 19.3 Å². The van der Waals surface area contributed by atoms with Gasteiger partial charge in [-0.25, -0.2) is 14.8 Å². The van der Waals surface area contributed by atoms with E-state index >= 15 is 0 Å². The monoisotopic (exact) mass is 447 g/mol. The topological polar surface area (TPSA) is 85.8 Å². The highest BCUT2D eigenvalue weighted by atomic mass is 79.9. The largest absolute Gasteiger partial charge is 0.445 e. The van der Waals surface area contributed by atoms with E-state index in [1.54, 1.807) is 22.9 Å². The van der Waals surface area contributed by atoms with Gasteiger partial charge >= 0.3 is 6.09 Å². The number of nitrogen functional groups attached to an aromatic ring is 1. The zero-order valence-electron chi connectivity index (χ0n) is 14.4. The molecule has 0 aliphatic carbocycles. The van der Waals surface area contributed by atoms with Crippen molar-refractivity contribution in [2.75, 3.05) is 24.6 Å². The Balaban J connectivity index is 1.48. The molecule has 0 saturated carbocycles. The first-order chi connectivity index (χ1) is 13.1. The summed E-state index contributed by atoms with van der Waals surface area (Å²) in [6, 6.07) is 9.67. The number of ether oxygens (including phenoxy) is 1. The molecule has 2 N–H and O–H groups in total. The van der Waals surface area contributed by atoms with Gasteiger partial charge in [-0.2, -0.15) is 0 Å². The molecule has 3 aromatic rings. The van der Waals surface area contributed by atoms with Crippen LogP contribution >= 0.6 is 27.7 Å². The highest BCUT2D eigenvalue weighted by molar-refractivity contribution is 9.10. The number of aromatic nitrogens is 3. The number of rotatable bonds is 3. The Hall–Kier alpha value is -2.26. The first kappa shape index (κ1) is 18.1. The maximum Gasteiger partial charge on any atom is 0.410 e. The summed E-state index contributed by atoms with van der Waals surface area (Å²) in [5.74, 6) is 2.08. The number of nitrogens with two attached hydrogens (primary N) is 1. The van der Waals surface area contributed by atoms with Crippen molar-refractivity contribution in [3.63, 3.8) is 0 Å². The molecule has 2 aromatic heterocycles. The van der Waals surface area contributed by atoms with Crippen LogP contribution < -0.4 is 5.73 Å². The Morgan fingerprint density at radius 2 is 2.19 bits per heavy atom. The van der Waals surface area contributed by atoms with Gasteiger partial charge in [0.05, 0.1) is 5.25 Å². The number of hydrogen-bond donors (Lipinski definition) is 1. The van der Waals surface area contributed by atoms with Gasteiger partial charge in [-0.1, -0.05) is 30.3 Å². The molecular formula is C18H18BrN5O2S. The molecule has 0 bridgehead atoms. The molecule has 1 atom stereocenters. The normalized spacial score (nSPS) is 17.2. The van der Waals surface area contributed by atoms with Gasteiger partial charge in [0.15, 0.2) is 5.82 Å². The van der Waals surface area contributed by atoms with E-state index in [1.165, 1.54) is 0 Å². The third kappa shape index (κ3) is 3.74. The van der Waals surface area contributed by atoms with Crippen molar-refractivity contribution in [2.24, 2.45) is 0 Å². The second kappa shape index (κ2) is 7.77. The molecule has 1 aliphatic heterocycles. The van der Waals surface area contributed by atoms with Crippen molar-refractivity contribution < 1.29 is 9.53 Å². The number of nitrogens with zero attached hydrogens (tertiary/aromatic N) is 4. The van der Waals surface area contributed by atoms with Crippen molar-refractivity contribution in [3.05, 3.63) is 58.7 Å². The number of hydrogen-bond acceptors (Lipinski definition) is 6. The lowest BCUT2D eigenvalue weighted by Crippen LogP contribution is -2.39. The molecule has 1 fully saturated rings. The maximum atomic E-state index is 12.5. The number of carbonyl (C=O) groups excluding carboxylic acids is 1. The molecule has 4 rings (SSSR count). The molecule has 27 heavy (non-hydrogen) atoms. The van der Waals surface area contributed by atoms with E-state index in [1.807, 2.05) is 40.9 Å². The Kier molecular flexibility index (Phi) is 5.22. The predicted octanol–water partition coefficient (Wildman–Crippen LogP) is 3.50. The number of thioether (sulfide) groups is 1. The SMILES string of the molecule is Nc1nccn2c(C3CN(C(=O)OCc4ccccc4)CCS3)nc(Br)c12. The fourth-order valence-electron chi connectivity index (χ4n) is 3.05. The number of amides is 1. The van der Waals surface area contributed by atoms with Gasteiger partial charge in [0.25, 0.3) is 0 Å². The van der Waals surface area contributed by atoms with Crippen LogP contribution in [0.15, 0.2) is 47.3 Å². The minimum atomic E-state index is -0.301. The minimum Gasteiger partial charge on any atom is -0.445 e. The third-order valence-electron chi connectivity index (χ3n) is 4.39. The molecule has 9 heteroatoms. The van der Waals surface area contributed by atoms with E-state index in [4.69, 9.17) is 10.5 Å². The molecule has 3 heterocycles. The summed E-state index contributed by atoms with van der Waals surface area (Å²) in [5.41, 5.74) is 7.70. The summed E-state index contributed by atoms with van der Waals surface area (Å²) in [6.07, 6.45) is 3.19.